The van der Waals surface area contributed by atoms with Gasteiger partial charge in [0.2, 0.25) is 0 Å². The number of carbonyl (C=O) groups is 1. The molecule has 1 aromatic carbocycles. The van der Waals surface area contributed by atoms with Gasteiger partial charge in [0.1, 0.15) is 6.61 Å². The van der Waals surface area contributed by atoms with Crippen molar-refractivity contribution in [3.8, 4) is 0 Å². The molecular weight excluding hydrogens is 240 g/mol. The Morgan fingerprint density at radius 1 is 1.05 bits per heavy atom. The molecule has 0 atom stereocenters. The molecular formula is C16H24O3. The zero-order valence-corrected chi connectivity index (χ0v) is 11.9. The van der Waals surface area contributed by atoms with Crippen LogP contribution in [0.15, 0.2) is 30.3 Å². The average Bonchev–Trinajstić information content (AvgIpc) is 2.42. The first-order chi connectivity index (χ1) is 9.20. The van der Waals surface area contributed by atoms with Crippen molar-refractivity contribution in [3.05, 3.63) is 35.9 Å². The lowest BCUT2D eigenvalue weighted by Gasteiger charge is -2.07. The molecule has 106 valence electrons. The van der Waals surface area contributed by atoms with Crippen LogP contribution in [-0.2, 0) is 9.47 Å². The van der Waals surface area contributed by atoms with Crippen LogP contribution in [0.4, 0.5) is 0 Å². The Labute approximate surface area is 115 Å². The third kappa shape index (κ3) is 7.62. The van der Waals surface area contributed by atoms with Crippen LogP contribution in [0, 0.1) is 5.92 Å². The van der Waals surface area contributed by atoms with Gasteiger partial charge in [-0.25, -0.2) is 4.79 Å². The zero-order chi connectivity index (χ0) is 13.9. The molecule has 0 aliphatic rings. The monoisotopic (exact) mass is 264 g/mol. The minimum Gasteiger partial charge on any atom is -0.460 e. The predicted molar refractivity (Wildman–Crippen MR) is 76.2 cm³/mol. The van der Waals surface area contributed by atoms with Gasteiger partial charge in [-0.05, 0) is 24.5 Å². The van der Waals surface area contributed by atoms with Crippen LogP contribution in [-0.4, -0.2) is 25.8 Å². The molecule has 1 aromatic rings. The standard InChI is InChI=1S/C16H24O3/c1-14(2)8-6-7-11-18-12-13-19-16(17)15-9-4-3-5-10-15/h3-5,9-10,14H,6-8,11-13H2,1-2H3. The molecule has 0 bridgehead atoms. The van der Waals surface area contributed by atoms with Gasteiger partial charge in [-0.1, -0.05) is 44.9 Å². The number of hydrogen-bond donors (Lipinski definition) is 0. The van der Waals surface area contributed by atoms with E-state index in [4.69, 9.17) is 9.47 Å². The number of hydrogen-bond acceptors (Lipinski definition) is 3. The van der Waals surface area contributed by atoms with Gasteiger partial charge in [-0.2, -0.15) is 0 Å². The fourth-order valence-electron chi connectivity index (χ4n) is 1.71. The normalized spacial score (nSPS) is 10.7. The summed E-state index contributed by atoms with van der Waals surface area (Å²) in [7, 11) is 0. The lowest BCUT2D eigenvalue weighted by atomic mass is 10.1. The third-order valence-electron chi connectivity index (χ3n) is 2.79. The Hall–Kier alpha value is -1.35. The second kappa shape index (κ2) is 9.56. The molecule has 0 N–H and O–H groups in total. The van der Waals surface area contributed by atoms with E-state index in [1.807, 2.05) is 18.2 Å². The van der Waals surface area contributed by atoms with Crippen molar-refractivity contribution in [2.24, 2.45) is 5.92 Å². The van der Waals surface area contributed by atoms with Gasteiger partial charge in [0.25, 0.3) is 0 Å². The van der Waals surface area contributed by atoms with Crippen LogP contribution in [0.1, 0.15) is 43.5 Å². The molecule has 3 heteroatoms. The largest absolute Gasteiger partial charge is 0.460 e. The maximum Gasteiger partial charge on any atom is 0.338 e. The summed E-state index contributed by atoms with van der Waals surface area (Å²) in [6.07, 6.45) is 3.51. The van der Waals surface area contributed by atoms with Crippen molar-refractivity contribution in [2.45, 2.75) is 33.1 Å². The number of esters is 1. The zero-order valence-electron chi connectivity index (χ0n) is 11.9. The van der Waals surface area contributed by atoms with Crippen LogP contribution >= 0.6 is 0 Å². The first-order valence-corrected chi connectivity index (χ1v) is 7.00. The van der Waals surface area contributed by atoms with Gasteiger partial charge in [-0.15, -0.1) is 0 Å². The SMILES string of the molecule is CC(C)CCCCOCCOC(=O)c1ccccc1. The van der Waals surface area contributed by atoms with E-state index < -0.39 is 0 Å². The number of rotatable bonds is 9. The Kier molecular flexibility index (Phi) is 7.91. The summed E-state index contributed by atoms with van der Waals surface area (Å²) in [5, 5.41) is 0. The maximum absolute atomic E-state index is 11.6. The summed E-state index contributed by atoms with van der Waals surface area (Å²) < 4.78 is 10.5. The molecule has 0 heterocycles. The van der Waals surface area contributed by atoms with Gasteiger partial charge >= 0.3 is 5.97 Å². The molecule has 19 heavy (non-hydrogen) atoms. The van der Waals surface area contributed by atoms with E-state index in [2.05, 4.69) is 13.8 Å². The smallest absolute Gasteiger partial charge is 0.338 e. The first-order valence-electron chi connectivity index (χ1n) is 7.00. The molecule has 0 saturated heterocycles. The summed E-state index contributed by atoms with van der Waals surface area (Å²) in [6, 6.07) is 9.00. The summed E-state index contributed by atoms with van der Waals surface area (Å²) in [5.74, 6) is 0.468. The lowest BCUT2D eigenvalue weighted by molar-refractivity contribution is 0.0311. The quantitative estimate of drug-likeness (QED) is 0.504. The van der Waals surface area contributed by atoms with Gasteiger partial charge in [-0.3, -0.25) is 0 Å². The van der Waals surface area contributed by atoms with Gasteiger partial charge in [0.05, 0.1) is 12.2 Å². The number of unbranched alkanes of at least 4 members (excludes halogenated alkanes) is 1. The topological polar surface area (TPSA) is 35.5 Å². The highest BCUT2D eigenvalue weighted by molar-refractivity contribution is 5.89. The summed E-state index contributed by atoms with van der Waals surface area (Å²) in [4.78, 5) is 11.6. The van der Waals surface area contributed by atoms with Crippen LogP contribution in [0.25, 0.3) is 0 Å². The van der Waals surface area contributed by atoms with E-state index in [-0.39, 0.29) is 5.97 Å². The Balaban J connectivity index is 1.98. The summed E-state index contributed by atoms with van der Waals surface area (Å²) in [5.41, 5.74) is 0.583. The molecule has 0 saturated carbocycles. The average molecular weight is 264 g/mol. The molecule has 0 aromatic heterocycles. The first kappa shape index (κ1) is 15.7. The minimum atomic E-state index is -0.288. The molecule has 0 radical (unpaired) electrons. The summed E-state index contributed by atoms with van der Waals surface area (Å²) >= 11 is 0. The van der Waals surface area contributed by atoms with Crippen LogP contribution in [0.3, 0.4) is 0 Å². The molecule has 3 nitrogen and oxygen atoms in total. The second-order valence-electron chi connectivity index (χ2n) is 5.00. The molecule has 0 spiro atoms. The molecule has 0 fully saturated rings. The van der Waals surface area contributed by atoms with Crippen LogP contribution in [0.5, 0.6) is 0 Å². The van der Waals surface area contributed by atoms with E-state index in [1.165, 1.54) is 12.8 Å². The Bertz CT molecular complexity index is 346. The maximum atomic E-state index is 11.6. The number of ether oxygens (including phenoxy) is 2. The fourth-order valence-corrected chi connectivity index (χ4v) is 1.71. The van der Waals surface area contributed by atoms with E-state index in [9.17, 15) is 4.79 Å². The fraction of sp³-hybridized carbons (Fsp3) is 0.562. The Morgan fingerprint density at radius 2 is 1.79 bits per heavy atom. The van der Waals surface area contributed by atoms with Crippen molar-refractivity contribution in [1.82, 2.24) is 0 Å². The second-order valence-corrected chi connectivity index (χ2v) is 5.00. The molecule has 0 aliphatic heterocycles. The van der Waals surface area contributed by atoms with Gasteiger partial charge < -0.3 is 9.47 Å². The van der Waals surface area contributed by atoms with Crippen molar-refractivity contribution in [1.29, 1.82) is 0 Å². The van der Waals surface area contributed by atoms with Gasteiger partial charge in [0, 0.05) is 6.61 Å². The molecule has 0 unspecified atom stereocenters. The van der Waals surface area contributed by atoms with E-state index >= 15 is 0 Å². The lowest BCUT2D eigenvalue weighted by Crippen LogP contribution is -2.11. The third-order valence-corrected chi connectivity index (χ3v) is 2.79. The minimum absolute atomic E-state index is 0.288. The van der Waals surface area contributed by atoms with Crippen molar-refractivity contribution >= 4 is 5.97 Å². The van der Waals surface area contributed by atoms with Gasteiger partial charge in [0.15, 0.2) is 0 Å². The van der Waals surface area contributed by atoms with Crippen molar-refractivity contribution < 1.29 is 14.3 Å². The Morgan fingerprint density at radius 3 is 2.47 bits per heavy atom. The van der Waals surface area contributed by atoms with Crippen molar-refractivity contribution in [3.63, 3.8) is 0 Å². The number of carbonyl (C=O) groups excluding carboxylic acids is 1. The van der Waals surface area contributed by atoms with Crippen LogP contribution < -0.4 is 0 Å². The van der Waals surface area contributed by atoms with E-state index in [1.54, 1.807) is 12.1 Å². The highest BCUT2D eigenvalue weighted by Gasteiger charge is 2.04. The highest BCUT2D eigenvalue weighted by Crippen LogP contribution is 2.06. The number of benzene rings is 1. The predicted octanol–water partition coefficient (Wildman–Crippen LogP) is 3.69. The molecule has 0 amide bonds. The van der Waals surface area contributed by atoms with Crippen molar-refractivity contribution in [2.75, 3.05) is 19.8 Å². The highest BCUT2D eigenvalue weighted by atomic mass is 16.6. The molecule has 0 aliphatic carbocycles. The van der Waals surface area contributed by atoms with E-state index in [0.29, 0.717) is 18.8 Å². The van der Waals surface area contributed by atoms with E-state index in [0.717, 1.165) is 18.9 Å². The van der Waals surface area contributed by atoms with Crippen LogP contribution in [0.2, 0.25) is 0 Å². The molecule has 1 rings (SSSR count). The summed E-state index contributed by atoms with van der Waals surface area (Å²) in [6.45, 7) is 5.99.